The van der Waals surface area contributed by atoms with Crippen LogP contribution in [0.5, 0.6) is 17.2 Å². The third kappa shape index (κ3) is 6.27. The van der Waals surface area contributed by atoms with Crippen molar-refractivity contribution in [2.75, 3.05) is 19.0 Å². The van der Waals surface area contributed by atoms with Crippen LogP contribution in [0.25, 0.3) is 6.08 Å². The molecule has 182 valence electrons. The van der Waals surface area contributed by atoms with Gasteiger partial charge in [0.1, 0.15) is 17.4 Å². The Labute approximate surface area is 207 Å². The van der Waals surface area contributed by atoms with E-state index in [1.54, 1.807) is 43.3 Å². The number of nitriles is 1. The summed E-state index contributed by atoms with van der Waals surface area (Å²) in [6.07, 6.45) is 1.32. The predicted octanol–water partition coefficient (Wildman–Crippen LogP) is 4.56. The highest BCUT2D eigenvalue weighted by molar-refractivity contribution is 6.11. The highest BCUT2D eigenvalue weighted by atomic mass is 16.6. The second kappa shape index (κ2) is 11.9. The molecule has 0 bridgehead atoms. The largest absolute Gasteiger partial charge is 0.497 e. The fraction of sp³-hybridized carbons (Fsp3) is 0.111. The number of amides is 1. The smallest absolute Gasteiger partial charge is 0.343 e. The number of rotatable bonds is 9. The maximum Gasteiger partial charge on any atom is 0.343 e. The van der Waals surface area contributed by atoms with Crippen LogP contribution >= 0.6 is 0 Å². The lowest BCUT2D eigenvalue weighted by Crippen LogP contribution is -2.16. The van der Waals surface area contributed by atoms with Crippen LogP contribution < -0.4 is 19.5 Å². The molecule has 0 atom stereocenters. The van der Waals surface area contributed by atoms with Crippen molar-refractivity contribution in [2.45, 2.75) is 6.92 Å². The van der Waals surface area contributed by atoms with E-state index in [2.05, 4.69) is 5.32 Å². The molecule has 0 saturated heterocycles. The van der Waals surface area contributed by atoms with E-state index in [1.165, 1.54) is 43.5 Å². The Morgan fingerprint density at radius 1 is 1.03 bits per heavy atom. The first-order valence-electron chi connectivity index (χ1n) is 10.7. The molecule has 0 radical (unpaired) electrons. The zero-order valence-corrected chi connectivity index (χ0v) is 19.5. The summed E-state index contributed by atoms with van der Waals surface area (Å²) in [5.74, 6) is -1.60. The molecule has 0 aliphatic carbocycles. The lowest BCUT2D eigenvalue weighted by Gasteiger charge is -2.12. The van der Waals surface area contributed by atoms with Crippen LogP contribution in [-0.2, 0) is 4.79 Å². The highest BCUT2D eigenvalue weighted by Gasteiger charge is 2.17. The van der Waals surface area contributed by atoms with Gasteiger partial charge in [0.2, 0.25) is 0 Å². The Balaban J connectivity index is 1.83. The Kier molecular flexibility index (Phi) is 8.40. The van der Waals surface area contributed by atoms with Gasteiger partial charge >= 0.3 is 11.9 Å². The summed E-state index contributed by atoms with van der Waals surface area (Å²) in [6.45, 7) is 2.03. The second-order valence-electron chi connectivity index (χ2n) is 7.23. The summed E-state index contributed by atoms with van der Waals surface area (Å²) in [4.78, 5) is 36.6. The number of ether oxygens (including phenoxy) is 3. The van der Waals surface area contributed by atoms with Gasteiger partial charge in [0, 0.05) is 0 Å². The van der Waals surface area contributed by atoms with Gasteiger partial charge in [-0.05, 0) is 67.1 Å². The fourth-order valence-electron chi connectivity index (χ4n) is 3.14. The maximum atomic E-state index is 12.6. The lowest BCUT2D eigenvalue weighted by molar-refractivity contribution is -0.112. The van der Waals surface area contributed by atoms with E-state index in [9.17, 15) is 24.8 Å². The van der Waals surface area contributed by atoms with Gasteiger partial charge in [-0.3, -0.25) is 4.79 Å². The Hall–Kier alpha value is -5.10. The number of aromatic carboxylic acids is 1. The summed E-state index contributed by atoms with van der Waals surface area (Å²) in [6, 6.07) is 18.6. The molecule has 0 spiro atoms. The van der Waals surface area contributed by atoms with Crippen LogP contribution in [-0.4, -0.2) is 36.7 Å². The molecule has 0 aromatic heterocycles. The molecule has 3 aromatic carbocycles. The molecule has 1 amide bonds. The first kappa shape index (κ1) is 25.5. The number of hydrogen-bond acceptors (Lipinski definition) is 7. The molecule has 9 heteroatoms. The minimum absolute atomic E-state index is 0.0620. The number of para-hydroxylation sites is 1. The number of methoxy groups -OCH3 is 1. The molecule has 0 unspecified atom stereocenters. The first-order chi connectivity index (χ1) is 17.4. The molecule has 0 aliphatic rings. The van der Waals surface area contributed by atoms with Crippen molar-refractivity contribution in [3.05, 3.63) is 89.0 Å². The van der Waals surface area contributed by atoms with Gasteiger partial charge in [-0.1, -0.05) is 18.2 Å². The van der Waals surface area contributed by atoms with Gasteiger partial charge in [0.25, 0.3) is 5.91 Å². The van der Waals surface area contributed by atoms with Crippen molar-refractivity contribution in [2.24, 2.45) is 0 Å². The number of nitrogens with one attached hydrogen (secondary N) is 1. The Morgan fingerprint density at radius 2 is 1.75 bits per heavy atom. The average molecular weight is 486 g/mol. The number of benzene rings is 3. The molecule has 36 heavy (non-hydrogen) atoms. The first-order valence-corrected chi connectivity index (χ1v) is 10.7. The van der Waals surface area contributed by atoms with Crippen LogP contribution in [0.2, 0.25) is 0 Å². The topological polar surface area (TPSA) is 135 Å². The number of anilines is 1. The number of hydrogen-bond donors (Lipinski definition) is 2. The average Bonchev–Trinajstić information content (AvgIpc) is 2.88. The van der Waals surface area contributed by atoms with Crippen LogP contribution in [0.4, 0.5) is 5.69 Å². The lowest BCUT2D eigenvalue weighted by atomic mass is 10.1. The van der Waals surface area contributed by atoms with E-state index >= 15 is 0 Å². The van der Waals surface area contributed by atoms with Gasteiger partial charge in [-0.15, -0.1) is 0 Å². The van der Waals surface area contributed by atoms with Crippen molar-refractivity contribution in [1.82, 2.24) is 0 Å². The quantitative estimate of drug-likeness (QED) is 0.195. The van der Waals surface area contributed by atoms with Crippen LogP contribution in [0, 0.1) is 11.3 Å². The number of carboxylic acid groups (broad SMARTS) is 1. The van der Waals surface area contributed by atoms with E-state index in [4.69, 9.17) is 14.2 Å². The van der Waals surface area contributed by atoms with E-state index < -0.39 is 17.8 Å². The molecule has 0 fully saturated rings. The number of nitrogens with zero attached hydrogens (tertiary/aromatic N) is 1. The third-order valence-electron chi connectivity index (χ3n) is 4.88. The number of esters is 1. The minimum atomic E-state index is -1.21. The molecule has 0 heterocycles. The molecule has 9 nitrogen and oxygen atoms in total. The van der Waals surface area contributed by atoms with Crippen molar-refractivity contribution < 1.29 is 33.7 Å². The van der Waals surface area contributed by atoms with E-state index in [1.807, 2.05) is 6.07 Å². The number of carbonyl (C=O) groups is 3. The second-order valence-corrected chi connectivity index (χ2v) is 7.23. The van der Waals surface area contributed by atoms with E-state index in [0.29, 0.717) is 16.9 Å². The molecule has 3 rings (SSSR count). The molecule has 0 saturated carbocycles. The summed E-state index contributed by atoms with van der Waals surface area (Å²) in [5, 5.41) is 21.3. The van der Waals surface area contributed by atoms with Crippen molar-refractivity contribution in [3.63, 3.8) is 0 Å². The zero-order chi connectivity index (χ0) is 26.1. The zero-order valence-electron chi connectivity index (χ0n) is 19.5. The summed E-state index contributed by atoms with van der Waals surface area (Å²) < 4.78 is 16.2. The minimum Gasteiger partial charge on any atom is -0.497 e. The normalized spacial score (nSPS) is 10.6. The van der Waals surface area contributed by atoms with E-state index in [0.717, 1.165) is 0 Å². The SMILES string of the molecule is CCOc1cc(/C=C(\C#N)C(=O)Nc2ccccc2C(=O)O)ccc1OC(=O)c1ccc(OC)cc1. The number of carboxylic acids is 1. The molecule has 2 N–H and O–H groups in total. The van der Waals surface area contributed by atoms with Gasteiger partial charge in [-0.25, -0.2) is 9.59 Å². The van der Waals surface area contributed by atoms with Crippen molar-refractivity contribution >= 4 is 29.6 Å². The van der Waals surface area contributed by atoms with Crippen LogP contribution in [0.1, 0.15) is 33.2 Å². The molecular weight excluding hydrogens is 464 g/mol. The monoisotopic (exact) mass is 486 g/mol. The molecular formula is C27H22N2O7. The number of carbonyl (C=O) groups excluding carboxylic acids is 2. The van der Waals surface area contributed by atoms with Gasteiger partial charge in [0.05, 0.1) is 30.5 Å². The standard InChI is InChI=1S/C27H22N2O7/c1-3-35-24-15-17(8-13-23(24)36-27(33)18-9-11-20(34-2)12-10-18)14-19(16-28)25(30)29-22-7-5-4-6-21(22)26(31)32/h4-15H,3H2,1-2H3,(H,29,30)(H,31,32)/b19-14+. The third-order valence-corrected chi connectivity index (χ3v) is 4.88. The van der Waals surface area contributed by atoms with Crippen LogP contribution in [0.15, 0.2) is 72.3 Å². The van der Waals surface area contributed by atoms with Gasteiger partial charge in [-0.2, -0.15) is 5.26 Å². The van der Waals surface area contributed by atoms with Crippen LogP contribution in [0.3, 0.4) is 0 Å². The van der Waals surface area contributed by atoms with Gasteiger partial charge in [0.15, 0.2) is 11.5 Å². The Morgan fingerprint density at radius 3 is 2.39 bits per heavy atom. The highest BCUT2D eigenvalue weighted by Crippen LogP contribution is 2.30. The summed E-state index contributed by atoms with van der Waals surface area (Å²) >= 11 is 0. The van der Waals surface area contributed by atoms with Crippen molar-refractivity contribution in [1.29, 1.82) is 5.26 Å². The van der Waals surface area contributed by atoms with E-state index in [-0.39, 0.29) is 34.9 Å². The molecule has 3 aromatic rings. The van der Waals surface area contributed by atoms with Crippen molar-refractivity contribution in [3.8, 4) is 23.3 Å². The van der Waals surface area contributed by atoms with Gasteiger partial charge < -0.3 is 24.6 Å². The predicted molar refractivity (Wildman–Crippen MR) is 131 cm³/mol. The fourth-order valence-corrected chi connectivity index (χ4v) is 3.14. The summed E-state index contributed by atoms with van der Waals surface area (Å²) in [5.41, 5.74) is 0.436. The molecule has 0 aliphatic heterocycles. The maximum absolute atomic E-state index is 12.6. The Bertz CT molecular complexity index is 1360. The summed E-state index contributed by atoms with van der Waals surface area (Å²) in [7, 11) is 1.52.